The topological polar surface area (TPSA) is 92.8 Å². The summed E-state index contributed by atoms with van der Waals surface area (Å²) in [5.74, 6) is -0.859. The van der Waals surface area contributed by atoms with Crippen molar-refractivity contribution in [2.75, 3.05) is 13.2 Å². The van der Waals surface area contributed by atoms with Crippen LogP contribution in [0.2, 0.25) is 0 Å². The van der Waals surface area contributed by atoms with Crippen LogP contribution in [0.5, 0.6) is 0 Å². The lowest BCUT2D eigenvalue weighted by molar-refractivity contribution is 0.0925. The van der Waals surface area contributed by atoms with Crippen LogP contribution in [0.4, 0.5) is 4.39 Å². The highest BCUT2D eigenvalue weighted by atomic mass is 19.1. The molecule has 2 atom stereocenters. The first kappa shape index (κ1) is 15.1. The van der Waals surface area contributed by atoms with Gasteiger partial charge in [-0.15, -0.1) is 5.10 Å². The quantitative estimate of drug-likeness (QED) is 0.911. The van der Waals surface area contributed by atoms with E-state index in [1.807, 2.05) is 0 Å². The van der Waals surface area contributed by atoms with Crippen LogP contribution in [-0.4, -0.2) is 40.2 Å². The lowest BCUT2D eigenvalue weighted by Crippen LogP contribution is -2.39. The Labute approximate surface area is 131 Å². The number of ether oxygens (including phenoxy) is 1. The summed E-state index contributed by atoms with van der Waals surface area (Å²) >= 11 is 0. The number of rotatable bonds is 4. The van der Waals surface area contributed by atoms with E-state index < -0.39 is 11.9 Å². The molecule has 0 bridgehead atoms. The fourth-order valence-electron chi connectivity index (χ4n) is 2.35. The van der Waals surface area contributed by atoms with Crippen LogP contribution < -0.4 is 5.32 Å². The Morgan fingerprint density at radius 1 is 1.48 bits per heavy atom. The third-order valence-corrected chi connectivity index (χ3v) is 3.64. The molecule has 2 aromatic rings. The van der Waals surface area contributed by atoms with Gasteiger partial charge in [0.05, 0.1) is 24.6 Å². The van der Waals surface area contributed by atoms with E-state index >= 15 is 0 Å². The lowest BCUT2D eigenvalue weighted by atomic mass is 10.0. The van der Waals surface area contributed by atoms with E-state index in [0.29, 0.717) is 18.9 Å². The number of carbonyl (C=O) groups is 1. The number of amides is 1. The molecule has 23 heavy (non-hydrogen) atoms. The summed E-state index contributed by atoms with van der Waals surface area (Å²) in [4.78, 5) is 13.4. The number of halogens is 1. The molecule has 1 N–H and O–H groups in total. The highest BCUT2D eigenvalue weighted by Crippen LogP contribution is 2.16. The summed E-state index contributed by atoms with van der Waals surface area (Å²) in [5.41, 5.74) is 0.625. The monoisotopic (exact) mass is 315 g/mol. The zero-order chi connectivity index (χ0) is 16.2. The molecule has 1 aliphatic rings. The van der Waals surface area contributed by atoms with Gasteiger partial charge < -0.3 is 10.1 Å². The molecule has 0 unspecified atom stereocenters. The van der Waals surface area contributed by atoms with Crippen LogP contribution >= 0.6 is 0 Å². The predicted octanol–water partition coefficient (Wildman–Crippen LogP) is 1.06. The molecule has 7 nitrogen and oxygen atoms in total. The number of hydrogen-bond acceptors (Lipinski definition) is 5. The third kappa shape index (κ3) is 3.35. The average molecular weight is 315 g/mol. The Hall–Kier alpha value is -2.79. The Morgan fingerprint density at radius 3 is 2.91 bits per heavy atom. The van der Waals surface area contributed by atoms with Crippen LogP contribution in [0.25, 0.3) is 5.69 Å². The number of nitrogens with one attached hydrogen (secondary N) is 1. The largest absolute Gasteiger partial charge is 0.381 e. The average Bonchev–Trinajstić information content (AvgIpc) is 3.24. The molecule has 3 rings (SSSR count). The fourth-order valence-corrected chi connectivity index (χ4v) is 2.35. The molecular formula is C15H14FN5O2. The van der Waals surface area contributed by atoms with Crippen molar-refractivity contribution in [1.29, 1.82) is 5.26 Å². The van der Waals surface area contributed by atoms with Gasteiger partial charge in [0.1, 0.15) is 11.9 Å². The smallest absolute Gasteiger partial charge is 0.274 e. The van der Waals surface area contributed by atoms with Crippen molar-refractivity contribution >= 4 is 5.91 Å². The number of nitrogens with zero attached hydrogens (tertiary/aromatic N) is 4. The predicted molar refractivity (Wildman–Crippen MR) is 77.1 cm³/mol. The third-order valence-electron chi connectivity index (χ3n) is 3.64. The molecule has 118 valence electrons. The first-order valence-corrected chi connectivity index (χ1v) is 7.14. The normalized spacial score (nSPS) is 18.3. The van der Waals surface area contributed by atoms with Crippen LogP contribution in [0.15, 0.2) is 30.5 Å². The van der Waals surface area contributed by atoms with Gasteiger partial charge in [-0.05, 0) is 30.7 Å². The highest BCUT2D eigenvalue weighted by Gasteiger charge is 2.28. The summed E-state index contributed by atoms with van der Waals surface area (Å²) in [7, 11) is 0. The van der Waals surface area contributed by atoms with E-state index in [1.165, 1.54) is 35.3 Å². The van der Waals surface area contributed by atoms with Crippen molar-refractivity contribution in [1.82, 2.24) is 20.3 Å². The van der Waals surface area contributed by atoms with Gasteiger partial charge in [-0.3, -0.25) is 4.79 Å². The molecule has 1 amide bonds. The summed E-state index contributed by atoms with van der Waals surface area (Å²) in [6.45, 7) is 1.06. The first-order valence-electron chi connectivity index (χ1n) is 7.14. The maximum Gasteiger partial charge on any atom is 0.274 e. The zero-order valence-electron chi connectivity index (χ0n) is 12.1. The van der Waals surface area contributed by atoms with E-state index in [2.05, 4.69) is 21.6 Å². The molecular weight excluding hydrogens is 301 g/mol. The van der Waals surface area contributed by atoms with Crippen LogP contribution in [0.3, 0.4) is 0 Å². The van der Waals surface area contributed by atoms with E-state index in [9.17, 15) is 14.4 Å². The van der Waals surface area contributed by atoms with Crippen molar-refractivity contribution in [2.45, 2.75) is 12.5 Å². The van der Waals surface area contributed by atoms with Gasteiger partial charge in [-0.1, -0.05) is 0 Å². The van der Waals surface area contributed by atoms with Crippen molar-refractivity contribution in [3.8, 4) is 11.8 Å². The second-order valence-corrected chi connectivity index (χ2v) is 5.20. The minimum absolute atomic E-state index is 0.0175. The minimum Gasteiger partial charge on any atom is -0.381 e. The molecule has 2 heterocycles. The maximum absolute atomic E-state index is 12.9. The van der Waals surface area contributed by atoms with Gasteiger partial charge in [0.15, 0.2) is 5.69 Å². The number of aromatic nitrogens is 3. The second kappa shape index (κ2) is 6.54. The highest BCUT2D eigenvalue weighted by molar-refractivity contribution is 5.92. The van der Waals surface area contributed by atoms with Crippen LogP contribution in [-0.2, 0) is 4.74 Å². The molecule has 0 radical (unpaired) electrons. The van der Waals surface area contributed by atoms with Crippen molar-refractivity contribution in [3.63, 3.8) is 0 Å². The number of nitriles is 1. The maximum atomic E-state index is 12.9. The summed E-state index contributed by atoms with van der Waals surface area (Å²) < 4.78 is 18.1. The summed E-state index contributed by atoms with van der Waals surface area (Å²) in [6.07, 6.45) is 2.04. The van der Waals surface area contributed by atoms with Gasteiger partial charge >= 0.3 is 0 Å². The van der Waals surface area contributed by atoms with Gasteiger partial charge in [-0.25, -0.2) is 4.39 Å². The van der Waals surface area contributed by atoms with E-state index in [1.54, 1.807) is 0 Å². The van der Waals surface area contributed by atoms with Gasteiger partial charge in [0.2, 0.25) is 0 Å². The molecule has 1 fully saturated rings. The van der Waals surface area contributed by atoms with Gasteiger partial charge in [0.25, 0.3) is 5.91 Å². The van der Waals surface area contributed by atoms with Crippen molar-refractivity contribution < 1.29 is 13.9 Å². The van der Waals surface area contributed by atoms with Crippen molar-refractivity contribution in [2.24, 2.45) is 5.92 Å². The number of hydrogen-bond donors (Lipinski definition) is 1. The molecule has 8 heteroatoms. The Morgan fingerprint density at radius 2 is 2.26 bits per heavy atom. The minimum atomic E-state index is -0.624. The molecule has 1 saturated heterocycles. The number of benzene rings is 1. The zero-order valence-corrected chi connectivity index (χ0v) is 12.1. The molecule has 1 aromatic heterocycles. The fraction of sp³-hybridized carbons (Fsp3) is 0.333. The molecule has 1 aliphatic heterocycles. The Bertz CT molecular complexity index is 731. The number of carbonyl (C=O) groups excluding carboxylic acids is 1. The van der Waals surface area contributed by atoms with Gasteiger partial charge in [-0.2, -0.15) is 15.2 Å². The van der Waals surface area contributed by atoms with Crippen LogP contribution in [0.1, 0.15) is 16.9 Å². The van der Waals surface area contributed by atoms with E-state index in [4.69, 9.17) is 4.74 Å². The van der Waals surface area contributed by atoms with Crippen molar-refractivity contribution in [3.05, 3.63) is 42.0 Å². The summed E-state index contributed by atoms with van der Waals surface area (Å²) in [5, 5.41) is 19.9. The van der Waals surface area contributed by atoms with E-state index in [0.717, 1.165) is 6.42 Å². The van der Waals surface area contributed by atoms with Crippen LogP contribution in [0, 0.1) is 23.1 Å². The Balaban J connectivity index is 1.70. The lowest BCUT2D eigenvalue weighted by Gasteiger charge is -2.15. The molecule has 0 aliphatic carbocycles. The Kier molecular flexibility index (Phi) is 4.30. The molecule has 0 saturated carbocycles. The molecule has 1 aromatic carbocycles. The van der Waals surface area contributed by atoms with Gasteiger partial charge in [0, 0.05) is 12.5 Å². The SMILES string of the molecule is N#C[C@@H](NC(=O)c1cnn(-c2ccc(F)cc2)n1)[C@H]1CCOC1. The summed E-state index contributed by atoms with van der Waals surface area (Å²) in [6, 6.07) is 7.03. The first-order chi connectivity index (χ1) is 11.2. The standard InChI is InChI=1S/C15H14FN5O2/c16-11-1-3-12(4-2-11)21-18-8-14(20-21)15(22)19-13(7-17)10-5-6-23-9-10/h1-4,8,10,13H,5-6,9H2,(H,19,22)/t10-,13+/m0/s1. The second-order valence-electron chi connectivity index (χ2n) is 5.20. The van der Waals surface area contributed by atoms with E-state index in [-0.39, 0.29) is 17.4 Å². The molecule has 0 spiro atoms.